The molecule has 0 aromatic carbocycles. The largest absolute Gasteiger partial charge is 0.368 e. The number of aromatic nitrogens is 2. The highest BCUT2D eigenvalue weighted by Crippen LogP contribution is 2.47. The Morgan fingerprint density at radius 3 is 3.11 bits per heavy atom. The van der Waals surface area contributed by atoms with Crippen LogP contribution in [0, 0.1) is 0 Å². The summed E-state index contributed by atoms with van der Waals surface area (Å²) in [5.74, 6) is 1.15. The fourth-order valence-electron chi connectivity index (χ4n) is 5.04. The van der Waals surface area contributed by atoms with Gasteiger partial charge in [0.1, 0.15) is 11.6 Å². The first-order valence-electron chi connectivity index (χ1n) is 10.1. The molecule has 6 nitrogen and oxygen atoms in total. The van der Waals surface area contributed by atoms with E-state index in [1.807, 2.05) is 17.2 Å². The van der Waals surface area contributed by atoms with Crippen LogP contribution in [0.1, 0.15) is 38.3 Å². The van der Waals surface area contributed by atoms with Crippen molar-refractivity contribution >= 4 is 11.6 Å². The second-order valence-electron chi connectivity index (χ2n) is 7.80. The van der Waals surface area contributed by atoms with Gasteiger partial charge in [0.15, 0.2) is 5.82 Å². The Morgan fingerprint density at radius 2 is 2.30 bits per heavy atom. The molecule has 0 bridgehead atoms. The minimum Gasteiger partial charge on any atom is -0.368 e. The molecular weight excluding hydrogens is 340 g/mol. The monoisotopic (exact) mass is 366 g/mol. The Hall–Kier alpha value is -2.34. The van der Waals surface area contributed by atoms with Gasteiger partial charge in [0, 0.05) is 38.6 Å². The van der Waals surface area contributed by atoms with Crippen LogP contribution in [0.2, 0.25) is 0 Å². The topological polar surface area (TPSA) is 50.6 Å². The van der Waals surface area contributed by atoms with E-state index >= 15 is 0 Å². The fraction of sp³-hybridized carbons (Fsp3) is 0.524. The summed E-state index contributed by atoms with van der Waals surface area (Å²) in [4.78, 5) is 22.2. The third-order valence-electron chi connectivity index (χ3n) is 6.24. The lowest BCUT2D eigenvalue weighted by atomic mass is 9.88. The molecule has 6 heteroatoms. The average molecular weight is 366 g/mol. The average Bonchev–Trinajstić information content (AvgIpc) is 3.46. The second kappa shape index (κ2) is 6.37. The second-order valence-corrected chi connectivity index (χ2v) is 7.80. The molecule has 0 aliphatic carbocycles. The van der Waals surface area contributed by atoms with E-state index in [9.17, 15) is 4.79 Å². The van der Waals surface area contributed by atoms with E-state index in [2.05, 4.69) is 45.8 Å². The van der Waals surface area contributed by atoms with Gasteiger partial charge in [-0.2, -0.15) is 0 Å². The molecule has 2 aromatic rings. The number of likely N-dealkylation sites (tertiary alicyclic amines) is 1. The van der Waals surface area contributed by atoms with Crippen LogP contribution in [-0.4, -0.2) is 52.7 Å². The normalized spacial score (nSPS) is 26.5. The van der Waals surface area contributed by atoms with Crippen LogP contribution in [0.25, 0.3) is 5.82 Å². The van der Waals surface area contributed by atoms with Crippen LogP contribution < -0.4 is 4.90 Å². The molecule has 3 aliphatic rings. The summed E-state index contributed by atoms with van der Waals surface area (Å²) in [5, 5.41) is 0. The van der Waals surface area contributed by atoms with Crippen molar-refractivity contribution in [1.29, 1.82) is 0 Å². The summed E-state index contributed by atoms with van der Waals surface area (Å²) < 4.78 is 7.88. The summed E-state index contributed by atoms with van der Waals surface area (Å²) in [6, 6.07) is 8.46. The lowest BCUT2D eigenvalue weighted by Crippen LogP contribution is -2.53. The first-order chi connectivity index (χ1) is 13.2. The molecule has 2 aromatic heterocycles. The minimum atomic E-state index is -0.246. The molecule has 0 N–H and O–H groups in total. The van der Waals surface area contributed by atoms with Crippen molar-refractivity contribution < 1.29 is 9.53 Å². The van der Waals surface area contributed by atoms with Gasteiger partial charge in [0.2, 0.25) is 0 Å². The van der Waals surface area contributed by atoms with E-state index in [1.165, 1.54) is 5.69 Å². The van der Waals surface area contributed by atoms with E-state index in [-0.39, 0.29) is 17.6 Å². The Labute approximate surface area is 159 Å². The minimum absolute atomic E-state index is 0.163. The maximum atomic E-state index is 13.0. The molecule has 1 spiro atoms. The summed E-state index contributed by atoms with van der Waals surface area (Å²) in [6.45, 7) is 5.36. The van der Waals surface area contributed by atoms with Gasteiger partial charge in [-0.15, -0.1) is 0 Å². The van der Waals surface area contributed by atoms with Crippen LogP contribution in [0.15, 0.2) is 36.7 Å². The van der Waals surface area contributed by atoms with Crippen molar-refractivity contribution in [2.75, 3.05) is 31.1 Å². The van der Waals surface area contributed by atoms with Crippen molar-refractivity contribution in [3.05, 3.63) is 42.4 Å². The van der Waals surface area contributed by atoms with Gasteiger partial charge in [0.25, 0.3) is 5.91 Å². The Kier molecular flexibility index (Phi) is 3.97. The molecule has 2 fully saturated rings. The van der Waals surface area contributed by atoms with E-state index in [1.54, 1.807) is 0 Å². The molecule has 27 heavy (non-hydrogen) atoms. The summed E-state index contributed by atoms with van der Waals surface area (Å²) in [7, 11) is 0. The zero-order valence-corrected chi connectivity index (χ0v) is 15.8. The summed E-state index contributed by atoms with van der Waals surface area (Å²) >= 11 is 0. The predicted octanol–water partition coefficient (Wildman–Crippen LogP) is 2.71. The molecule has 5 heterocycles. The number of nitrogens with zero attached hydrogens (tertiary/aromatic N) is 4. The molecule has 2 saturated heterocycles. The molecule has 2 atom stereocenters. The third kappa shape index (κ3) is 2.42. The van der Waals surface area contributed by atoms with Crippen LogP contribution >= 0.6 is 0 Å². The van der Waals surface area contributed by atoms with Gasteiger partial charge < -0.3 is 19.1 Å². The van der Waals surface area contributed by atoms with Crippen LogP contribution in [0.3, 0.4) is 0 Å². The van der Waals surface area contributed by atoms with Crippen molar-refractivity contribution in [3.8, 4) is 5.82 Å². The summed E-state index contributed by atoms with van der Waals surface area (Å²) in [5.41, 5.74) is 2.21. The Balaban J connectivity index is 1.55. The highest BCUT2D eigenvalue weighted by atomic mass is 16.5. The van der Waals surface area contributed by atoms with E-state index in [0.717, 1.165) is 50.3 Å². The van der Waals surface area contributed by atoms with Crippen molar-refractivity contribution in [3.63, 3.8) is 0 Å². The van der Waals surface area contributed by atoms with Gasteiger partial charge in [-0.05, 0) is 49.9 Å². The summed E-state index contributed by atoms with van der Waals surface area (Å²) in [6.07, 6.45) is 7.52. The van der Waals surface area contributed by atoms with Crippen molar-refractivity contribution in [2.24, 2.45) is 0 Å². The van der Waals surface area contributed by atoms with Gasteiger partial charge >= 0.3 is 0 Å². The van der Waals surface area contributed by atoms with Crippen LogP contribution in [0.4, 0.5) is 5.69 Å². The maximum absolute atomic E-state index is 13.0. The first-order valence-corrected chi connectivity index (χ1v) is 10.1. The number of anilines is 1. The molecule has 1 amide bonds. The number of hydrogen-bond acceptors (Lipinski definition) is 4. The highest BCUT2D eigenvalue weighted by Gasteiger charge is 2.51. The van der Waals surface area contributed by atoms with E-state index in [4.69, 9.17) is 4.74 Å². The Morgan fingerprint density at radius 1 is 1.37 bits per heavy atom. The lowest BCUT2D eigenvalue weighted by Gasteiger charge is -2.47. The van der Waals surface area contributed by atoms with Crippen LogP contribution in [0.5, 0.6) is 0 Å². The maximum Gasteiger partial charge on any atom is 0.251 e. The van der Waals surface area contributed by atoms with Crippen molar-refractivity contribution in [2.45, 2.75) is 44.2 Å². The van der Waals surface area contributed by atoms with Gasteiger partial charge in [0.05, 0.1) is 11.4 Å². The number of carbonyl (C=O) groups excluding carboxylic acids is 1. The fourth-order valence-corrected chi connectivity index (χ4v) is 5.04. The lowest BCUT2D eigenvalue weighted by molar-refractivity contribution is -0.140. The predicted molar refractivity (Wildman–Crippen MR) is 103 cm³/mol. The number of carbonyl (C=O) groups is 1. The Bertz CT molecular complexity index is 857. The molecule has 142 valence electrons. The molecule has 0 unspecified atom stereocenters. The first kappa shape index (κ1) is 16.8. The zero-order valence-electron chi connectivity index (χ0n) is 15.8. The van der Waals surface area contributed by atoms with Gasteiger partial charge in [-0.25, -0.2) is 4.98 Å². The highest BCUT2D eigenvalue weighted by molar-refractivity contribution is 5.82. The zero-order chi connectivity index (χ0) is 18.4. The third-order valence-corrected chi connectivity index (χ3v) is 6.24. The smallest absolute Gasteiger partial charge is 0.251 e. The van der Waals surface area contributed by atoms with Crippen LogP contribution in [-0.2, 0) is 15.1 Å². The standard InChI is InChI=1S/C21H26N4O2/c1-2-11-25-16-6-3-10-22-19(16)24-12-4-8-18(24)21(25)9-13-23(15-21)20(26)17-7-5-14-27-17/h3-4,6,8,10,12,17H,2,5,7,9,11,13-15H2,1H3/t17-,21+/m1/s1. The quantitative estimate of drug-likeness (QED) is 0.838. The van der Waals surface area contributed by atoms with Gasteiger partial charge in [-0.1, -0.05) is 6.92 Å². The van der Waals surface area contributed by atoms with Gasteiger partial charge in [-0.3, -0.25) is 4.79 Å². The number of amides is 1. The molecule has 0 saturated carbocycles. The number of ether oxygens (including phenoxy) is 1. The number of hydrogen-bond donors (Lipinski definition) is 0. The molecular formula is C21H26N4O2. The van der Waals surface area contributed by atoms with E-state index < -0.39 is 0 Å². The van der Waals surface area contributed by atoms with Crippen molar-refractivity contribution in [1.82, 2.24) is 14.5 Å². The molecule has 5 rings (SSSR count). The molecule has 3 aliphatic heterocycles. The number of fused-ring (bicyclic) bond motifs is 4. The number of rotatable bonds is 3. The molecule has 0 radical (unpaired) electrons. The number of pyridine rings is 1. The SMILES string of the molecule is CCCN1c2cccnc2-n2cccc2[C@@]12CCN(C(=O)[C@H]1CCCO1)C2. The van der Waals surface area contributed by atoms with E-state index in [0.29, 0.717) is 13.2 Å².